The van der Waals surface area contributed by atoms with Gasteiger partial charge >= 0.3 is 12.1 Å². The van der Waals surface area contributed by atoms with Crippen molar-refractivity contribution in [3.05, 3.63) is 59.7 Å². The molecule has 0 saturated heterocycles. The largest absolute Gasteiger partial charge is 0.481 e. The highest BCUT2D eigenvalue weighted by atomic mass is 16.5. The van der Waals surface area contributed by atoms with Crippen LogP contribution in [0.3, 0.4) is 0 Å². The molecule has 192 valence electrons. The zero-order valence-corrected chi connectivity index (χ0v) is 20.8. The molecule has 0 atom stereocenters. The van der Waals surface area contributed by atoms with Gasteiger partial charge in [0.1, 0.15) is 6.61 Å². The van der Waals surface area contributed by atoms with E-state index in [9.17, 15) is 19.5 Å². The summed E-state index contributed by atoms with van der Waals surface area (Å²) >= 11 is 0. The lowest BCUT2D eigenvalue weighted by Crippen LogP contribution is -2.32. The van der Waals surface area contributed by atoms with Crippen LogP contribution in [0.25, 0.3) is 11.1 Å². The normalized spacial score (nSPS) is 15.7. The number of amides is 2. The Bertz CT molecular complexity index is 1030. The molecule has 2 aliphatic rings. The summed E-state index contributed by atoms with van der Waals surface area (Å²) in [7, 11) is 0. The first kappa shape index (κ1) is 25.7. The van der Waals surface area contributed by atoms with Crippen LogP contribution >= 0.6 is 0 Å². The lowest BCUT2D eigenvalue weighted by molar-refractivity contribution is -0.140. The number of hydrogen-bond acceptors (Lipinski definition) is 4. The Morgan fingerprint density at radius 2 is 1.42 bits per heavy atom. The minimum atomic E-state index is -0.825. The lowest BCUT2D eigenvalue weighted by atomic mass is 9.79. The highest BCUT2D eigenvalue weighted by Crippen LogP contribution is 2.45. The van der Waals surface area contributed by atoms with E-state index in [1.54, 1.807) is 0 Å². The van der Waals surface area contributed by atoms with Crippen molar-refractivity contribution in [1.29, 1.82) is 0 Å². The summed E-state index contributed by atoms with van der Waals surface area (Å²) in [5.41, 5.74) is 4.41. The van der Waals surface area contributed by atoms with Gasteiger partial charge in [-0.1, -0.05) is 61.4 Å². The molecule has 2 amide bonds. The number of hydrogen-bond donors (Lipinski definition) is 3. The molecule has 7 nitrogen and oxygen atoms in total. The summed E-state index contributed by atoms with van der Waals surface area (Å²) in [4.78, 5) is 35.7. The number of carbonyl (C=O) groups excluding carboxylic acids is 2. The molecule has 7 heteroatoms. The summed E-state index contributed by atoms with van der Waals surface area (Å²) < 4.78 is 5.55. The summed E-state index contributed by atoms with van der Waals surface area (Å²) in [5.74, 6) is -0.839. The molecule has 0 aromatic heterocycles. The minimum absolute atomic E-state index is 0.0469. The quantitative estimate of drug-likeness (QED) is 0.352. The molecule has 36 heavy (non-hydrogen) atoms. The monoisotopic (exact) mass is 492 g/mol. The van der Waals surface area contributed by atoms with Crippen LogP contribution in [-0.2, 0) is 14.3 Å². The number of unbranched alkanes of at least 4 members (excludes halogenated alkanes) is 2. The molecule has 1 fully saturated rings. The molecule has 2 aromatic carbocycles. The van der Waals surface area contributed by atoms with Crippen LogP contribution < -0.4 is 10.6 Å². The second-order valence-electron chi connectivity index (χ2n) is 10.1. The van der Waals surface area contributed by atoms with E-state index in [0.29, 0.717) is 26.1 Å². The number of carboxylic acids is 1. The van der Waals surface area contributed by atoms with Crippen molar-refractivity contribution in [2.24, 2.45) is 5.41 Å². The van der Waals surface area contributed by atoms with E-state index in [1.165, 1.54) is 22.3 Å². The number of alkyl carbamates (subject to hydrolysis) is 1. The van der Waals surface area contributed by atoms with Crippen LogP contribution in [0, 0.1) is 5.41 Å². The van der Waals surface area contributed by atoms with Crippen LogP contribution in [-0.4, -0.2) is 42.8 Å². The molecule has 1 saturated carbocycles. The molecule has 2 aromatic rings. The van der Waals surface area contributed by atoms with Crippen molar-refractivity contribution in [3.8, 4) is 11.1 Å². The average Bonchev–Trinajstić information content (AvgIpc) is 3.44. The molecule has 0 heterocycles. The Labute approximate surface area is 212 Å². The van der Waals surface area contributed by atoms with E-state index in [1.807, 2.05) is 24.3 Å². The van der Waals surface area contributed by atoms with Crippen molar-refractivity contribution >= 4 is 18.0 Å². The summed E-state index contributed by atoms with van der Waals surface area (Å²) in [6.45, 7) is 1.38. The van der Waals surface area contributed by atoms with Crippen molar-refractivity contribution in [1.82, 2.24) is 10.6 Å². The zero-order valence-electron chi connectivity index (χ0n) is 20.8. The van der Waals surface area contributed by atoms with Gasteiger partial charge in [-0.2, -0.15) is 0 Å². The number of carbonyl (C=O) groups is 3. The van der Waals surface area contributed by atoms with Gasteiger partial charge < -0.3 is 20.5 Å². The smallest absolute Gasteiger partial charge is 0.407 e. The Morgan fingerprint density at radius 1 is 0.833 bits per heavy atom. The predicted molar refractivity (Wildman–Crippen MR) is 138 cm³/mol. The molecular weight excluding hydrogens is 456 g/mol. The maximum absolute atomic E-state index is 12.3. The number of carboxylic acid groups (broad SMARTS) is 1. The van der Waals surface area contributed by atoms with E-state index in [-0.39, 0.29) is 23.7 Å². The fourth-order valence-electron chi connectivity index (χ4n) is 5.76. The van der Waals surface area contributed by atoms with Gasteiger partial charge in [0.25, 0.3) is 0 Å². The number of rotatable bonds is 12. The Morgan fingerprint density at radius 3 is 2.03 bits per heavy atom. The third-order valence-electron chi connectivity index (χ3n) is 7.51. The van der Waals surface area contributed by atoms with Crippen molar-refractivity contribution in [3.63, 3.8) is 0 Å². The standard InChI is InChI=1S/C29H36N2O5/c32-26(18-29(19-27(33)34)14-6-7-15-29)30-16-8-1-9-17-31-28(35)36-20-25-23-12-4-2-10-21(23)22-11-3-5-13-24(22)25/h2-5,10-13,25H,1,6-9,14-20H2,(H,30,32)(H,31,35)(H,33,34). The molecule has 0 aliphatic heterocycles. The lowest BCUT2D eigenvalue weighted by Gasteiger charge is -2.26. The van der Waals surface area contributed by atoms with Crippen molar-refractivity contribution in [2.75, 3.05) is 19.7 Å². The summed E-state index contributed by atoms with van der Waals surface area (Å²) in [6, 6.07) is 16.5. The first-order valence-electron chi connectivity index (χ1n) is 13.0. The number of nitrogens with one attached hydrogen (secondary N) is 2. The van der Waals surface area contributed by atoms with Gasteiger partial charge in [0.15, 0.2) is 0 Å². The molecule has 0 radical (unpaired) electrons. The summed E-state index contributed by atoms with van der Waals surface area (Å²) in [5, 5.41) is 14.9. The maximum atomic E-state index is 12.3. The molecular formula is C29H36N2O5. The van der Waals surface area contributed by atoms with Gasteiger partial charge in [0, 0.05) is 25.4 Å². The van der Waals surface area contributed by atoms with Crippen molar-refractivity contribution < 1.29 is 24.2 Å². The van der Waals surface area contributed by atoms with Crippen LogP contribution in [0.2, 0.25) is 0 Å². The van der Waals surface area contributed by atoms with Gasteiger partial charge in [-0.15, -0.1) is 0 Å². The first-order valence-corrected chi connectivity index (χ1v) is 13.0. The average molecular weight is 493 g/mol. The van der Waals surface area contributed by atoms with Crippen LogP contribution in [0.15, 0.2) is 48.5 Å². The highest BCUT2D eigenvalue weighted by Gasteiger charge is 2.37. The van der Waals surface area contributed by atoms with E-state index in [0.717, 1.165) is 44.9 Å². The highest BCUT2D eigenvalue weighted by molar-refractivity contribution is 5.79. The molecule has 4 rings (SSSR count). The zero-order chi connectivity index (χ0) is 25.4. The third kappa shape index (κ3) is 6.45. The van der Waals surface area contributed by atoms with Crippen molar-refractivity contribution in [2.45, 2.75) is 63.7 Å². The number of ether oxygens (including phenoxy) is 1. The second-order valence-corrected chi connectivity index (χ2v) is 10.1. The topological polar surface area (TPSA) is 105 Å². The fraction of sp³-hybridized carbons (Fsp3) is 0.483. The molecule has 0 spiro atoms. The number of benzene rings is 2. The Hall–Kier alpha value is -3.35. The molecule has 0 bridgehead atoms. The van der Waals surface area contributed by atoms with Gasteiger partial charge in [-0.3, -0.25) is 9.59 Å². The third-order valence-corrected chi connectivity index (χ3v) is 7.51. The van der Waals surface area contributed by atoms with Crippen LogP contribution in [0.5, 0.6) is 0 Å². The van der Waals surface area contributed by atoms with Gasteiger partial charge in [0.05, 0.1) is 6.42 Å². The second kappa shape index (κ2) is 12.1. The van der Waals surface area contributed by atoms with E-state index >= 15 is 0 Å². The molecule has 2 aliphatic carbocycles. The predicted octanol–water partition coefficient (Wildman–Crippen LogP) is 5.24. The van der Waals surface area contributed by atoms with Gasteiger partial charge in [-0.25, -0.2) is 4.79 Å². The van der Waals surface area contributed by atoms with E-state index in [2.05, 4.69) is 34.9 Å². The maximum Gasteiger partial charge on any atom is 0.407 e. The van der Waals surface area contributed by atoms with Crippen LogP contribution in [0.1, 0.15) is 74.8 Å². The fourth-order valence-corrected chi connectivity index (χ4v) is 5.76. The summed E-state index contributed by atoms with van der Waals surface area (Å²) in [6.07, 6.45) is 6.05. The SMILES string of the molecule is O=C(O)CC1(CC(=O)NCCCCCNC(=O)OCC2c3ccccc3-c3ccccc32)CCCC1. The Balaban J connectivity index is 1.10. The van der Waals surface area contributed by atoms with E-state index < -0.39 is 12.1 Å². The van der Waals surface area contributed by atoms with Crippen LogP contribution in [0.4, 0.5) is 4.79 Å². The first-order chi connectivity index (χ1) is 17.5. The van der Waals surface area contributed by atoms with Gasteiger partial charge in [0.2, 0.25) is 5.91 Å². The van der Waals surface area contributed by atoms with Gasteiger partial charge in [-0.05, 0) is 59.8 Å². The molecule has 3 N–H and O–H groups in total. The number of aliphatic carboxylic acids is 1. The minimum Gasteiger partial charge on any atom is -0.481 e. The number of fused-ring (bicyclic) bond motifs is 3. The molecule has 0 unspecified atom stereocenters. The Kier molecular flexibility index (Phi) is 8.62. The van der Waals surface area contributed by atoms with E-state index in [4.69, 9.17) is 4.74 Å².